The van der Waals surface area contributed by atoms with Crippen LogP contribution in [0.25, 0.3) is 0 Å². The molecule has 33 heavy (non-hydrogen) atoms. The quantitative estimate of drug-likeness (QED) is 0.601. The zero-order valence-electron chi connectivity index (χ0n) is 18.8. The Morgan fingerprint density at radius 2 is 1.70 bits per heavy atom. The maximum absolute atomic E-state index is 13.3. The topological polar surface area (TPSA) is 84.9 Å². The molecule has 178 valence electrons. The maximum atomic E-state index is 13.3. The lowest BCUT2D eigenvalue weighted by Gasteiger charge is -2.38. The third-order valence-corrected chi connectivity index (χ3v) is 8.64. The minimum Gasteiger partial charge on any atom is -0.381 e. The number of rotatable bonds is 7. The lowest BCUT2D eigenvalue weighted by molar-refractivity contribution is 0.0300. The zero-order valence-corrected chi connectivity index (χ0v) is 20.4. The van der Waals surface area contributed by atoms with Gasteiger partial charge in [0, 0.05) is 43.2 Å². The molecule has 2 aromatic rings. The number of carbonyl (C=O) groups excluding carboxylic acids is 1. The van der Waals surface area contributed by atoms with Crippen LogP contribution in [0, 0.1) is 0 Å². The number of amides is 1. The molecule has 4 rings (SSSR count). The van der Waals surface area contributed by atoms with Gasteiger partial charge in [-0.15, -0.1) is 11.8 Å². The number of benzene rings is 2. The Kier molecular flexibility index (Phi) is 7.76. The van der Waals surface area contributed by atoms with Crippen LogP contribution < -0.4 is 4.72 Å². The molecule has 0 aromatic heterocycles. The number of hydrogen-bond acceptors (Lipinski definition) is 6. The van der Waals surface area contributed by atoms with Gasteiger partial charge in [0.25, 0.3) is 5.91 Å². The van der Waals surface area contributed by atoms with Gasteiger partial charge in [-0.25, -0.2) is 13.1 Å². The summed E-state index contributed by atoms with van der Waals surface area (Å²) in [4.78, 5) is 15.7. The SMILES string of the molecule is CSc1ccc(S(=O)(=O)NCC2(c3ccccc3)CCOCC2)cc1C(=O)N1CCOCC1. The van der Waals surface area contributed by atoms with E-state index < -0.39 is 10.0 Å². The molecule has 2 aliphatic rings. The molecule has 1 N–H and O–H groups in total. The van der Waals surface area contributed by atoms with Crippen molar-refractivity contribution in [2.24, 2.45) is 0 Å². The Morgan fingerprint density at radius 3 is 2.36 bits per heavy atom. The van der Waals surface area contributed by atoms with Gasteiger partial charge in [-0.1, -0.05) is 30.3 Å². The highest BCUT2D eigenvalue weighted by molar-refractivity contribution is 7.98. The fourth-order valence-corrected chi connectivity index (χ4v) is 6.12. The second-order valence-corrected chi connectivity index (χ2v) is 11.0. The van der Waals surface area contributed by atoms with Gasteiger partial charge in [0.1, 0.15) is 0 Å². The molecule has 0 saturated carbocycles. The van der Waals surface area contributed by atoms with Crippen molar-refractivity contribution in [3.05, 3.63) is 59.7 Å². The van der Waals surface area contributed by atoms with Gasteiger partial charge in [-0.2, -0.15) is 0 Å². The molecule has 2 saturated heterocycles. The number of thioether (sulfide) groups is 1. The van der Waals surface area contributed by atoms with Crippen molar-refractivity contribution in [1.29, 1.82) is 0 Å². The summed E-state index contributed by atoms with van der Waals surface area (Å²) in [5.74, 6) is -0.162. The summed E-state index contributed by atoms with van der Waals surface area (Å²) < 4.78 is 40.3. The fourth-order valence-electron chi connectivity index (χ4n) is 4.40. The number of nitrogens with one attached hydrogen (secondary N) is 1. The average Bonchev–Trinajstić information content (AvgIpc) is 2.88. The monoisotopic (exact) mass is 490 g/mol. The largest absolute Gasteiger partial charge is 0.381 e. The van der Waals surface area contributed by atoms with Crippen molar-refractivity contribution in [3.8, 4) is 0 Å². The summed E-state index contributed by atoms with van der Waals surface area (Å²) in [5.41, 5.74) is 1.20. The highest BCUT2D eigenvalue weighted by Crippen LogP contribution is 2.35. The summed E-state index contributed by atoms with van der Waals surface area (Å²) in [5, 5.41) is 0. The molecule has 0 atom stereocenters. The average molecular weight is 491 g/mol. The number of morpholine rings is 1. The predicted octanol–water partition coefficient (Wildman–Crippen LogP) is 2.91. The smallest absolute Gasteiger partial charge is 0.255 e. The molecular weight excluding hydrogens is 460 g/mol. The van der Waals surface area contributed by atoms with E-state index in [9.17, 15) is 13.2 Å². The van der Waals surface area contributed by atoms with E-state index in [1.54, 1.807) is 17.0 Å². The fraction of sp³-hybridized carbons (Fsp3) is 0.458. The van der Waals surface area contributed by atoms with Gasteiger partial charge >= 0.3 is 0 Å². The number of sulfonamides is 1. The van der Waals surface area contributed by atoms with E-state index in [0.29, 0.717) is 45.1 Å². The van der Waals surface area contributed by atoms with E-state index in [0.717, 1.165) is 23.3 Å². The van der Waals surface area contributed by atoms with E-state index in [1.807, 2.05) is 36.6 Å². The van der Waals surface area contributed by atoms with Crippen molar-refractivity contribution in [3.63, 3.8) is 0 Å². The Balaban J connectivity index is 1.58. The van der Waals surface area contributed by atoms with Crippen LogP contribution in [0.2, 0.25) is 0 Å². The number of ether oxygens (including phenoxy) is 2. The van der Waals surface area contributed by atoms with Crippen LogP contribution in [-0.2, 0) is 24.9 Å². The molecule has 9 heteroatoms. The van der Waals surface area contributed by atoms with Crippen molar-refractivity contribution in [2.45, 2.75) is 28.0 Å². The first-order valence-corrected chi connectivity index (χ1v) is 13.8. The van der Waals surface area contributed by atoms with Crippen molar-refractivity contribution < 1.29 is 22.7 Å². The van der Waals surface area contributed by atoms with Gasteiger partial charge in [-0.3, -0.25) is 4.79 Å². The lowest BCUT2D eigenvalue weighted by Crippen LogP contribution is -2.44. The summed E-state index contributed by atoms with van der Waals surface area (Å²) >= 11 is 1.43. The van der Waals surface area contributed by atoms with E-state index in [1.165, 1.54) is 17.8 Å². The van der Waals surface area contributed by atoms with E-state index in [4.69, 9.17) is 9.47 Å². The molecular formula is C24H30N2O5S2. The van der Waals surface area contributed by atoms with Gasteiger partial charge < -0.3 is 14.4 Å². The minimum atomic E-state index is -3.81. The molecule has 2 aromatic carbocycles. The molecule has 7 nitrogen and oxygen atoms in total. The Morgan fingerprint density at radius 1 is 1.03 bits per heavy atom. The summed E-state index contributed by atoms with van der Waals surface area (Å²) in [7, 11) is -3.81. The number of hydrogen-bond donors (Lipinski definition) is 1. The third-order valence-electron chi connectivity index (χ3n) is 6.45. The second-order valence-electron chi connectivity index (χ2n) is 8.35. The minimum absolute atomic E-state index is 0.104. The third kappa shape index (κ3) is 5.44. The first kappa shape index (κ1) is 24.2. The highest BCUT2D eigenvalue weighted by atomic mass is 32.2. The molecule has 0 radical (unpaired) electrons. The Hall–Kier alpha value is -1.91. The molecule has 2 aliphatic heterocycles. The normalized spacial score (nSPS) is 18.8. The molecule has 2 fully saturated rings. The van der Waals surface area contributed by atoms with Crippen molar-refractivity contribution in [2.75, 3.05) is 52.3 Å². The van der Waals surface area contributed by atoms with E-state index in [2.05, 4.69) is 4.72 Å². The first-order valence-electron chi connectivity index (χ1n) is 11.1. The molecule has 0 bridgehead atoms. The van der Waals surface area contributed by atoms with Crippen LogP contribution in [0.1, 0.15) is 28.8 Å². The Bertz CT molecular complexity index is 1060. The van der Waals surface area contributed by atoms with Crippen LogP contribution in [0.5, 0.6) is 0 Å². The summed E-state index contributed by atoms with van der Waals surface area (Å²) in [6.45, 7) is 3.46. The van der Waals surface area contributed by atoms with Crippen molar-refractivity contribution >= 4 is 27.7 Å². The first-order chi connectivity index (χ1) is 16.0. The summed E-state index contributed by atoms with van der Waals surface area (Å²) in [6.07, 6.45) is 3.37. The van der Waals surface area contributed by atoms with Gasteiger partial charge in [0.2, 0.25) is 10.0 Å². The Labute approximate surface area is 199 Å². The molecule has 0 spiro atoms. The van der Waals surface area contributed by atoms with Crippen molar-refractivity contribution in [1.82, 2.24) is 9.62 Å². The molecule has 0 unspecified atom stereocenters. The van der Waals surface area contributed by atoms with Gasteiger partial charge in [0.05, 0.1) is 23.7 Å². The van der Waals surface area contributed by atoms with Crippen LogP contribution in [-0.4, -0.2) is 71.5 Å². The molecule has 0 aliphatic carbocycles. The standard InChI is InChI=1S/C24H30N2O5S2/c1-32-22-8-7-20(17-21(22)23(27)26-11-15-31-16-12-26)33(28,29)25-18-24(9-13-30-14-10-24)19-5-3-2-4-6-19/h2-8,17,25H,9-16,18H2,1H3. The molecule has 1 amide bonds. The highest BCUT2D eigenvalue weighted by Gasteiger charge is 2.36. The summed E-state index contributed by atoms with van der Waals surface area (Å²) in [6, 6.07) is 14.8. The zero-order chi connectivity index (χ0) is 23.3. The predicted molar refractivity (Wildman–Crippen MR) is 128 cm³/mol. The lowest BCUT2D eigenvalue weighted by atomic mass is 9.74. The molecule has 2 heterocycles. The maximum Gasteiger partial charge on any atom is 0.255 e. The van der Waals surface area contributed by atoms with E-state index in [-0.39, 0.29) is 22.8 Å². The van der Waals surface area contributed by atoms with Gasteiger partial charge in [-0.05, 0) is 42.9 Å². The number of nitrogens with zero attached hydrogens (tertiary/aromatic N) is 1. The van der Waals surface area contributed by atoms with Crippen LogP contribution in [0.4, 0.5) is 0 Å². The number of carbonyl (C=O) groups is 1. The second kappa shape index (κ2) is 10.6. The van der Waals surface area contributed by atoms with Crippen LogP contribution in [0.3, 0.4) is 0 Å². The van der Waals surface area contributed by atoms with Crippen LogP contribution >= 0.6 is 11.8 Å². The van der Waals surface area contributed by atoms with E-state index >= 15 is 0 Å². The van der Waals surface area contributed by atoms with Gasteiger partial charge in [0.15, 0.2) is 0 Å². The van der Waals surface area contributed by atoms with Crippen LogP contribution in [0.15, 0.2) is 58.3 Å².